The fourth-order valence-electron chi connectivity index (χ4n) is 7.61. The van der Waals surface area contributed by atoms with Crippen LogP contribution in [0.5, 0.6) is 0 Å². The second-order valence-corrected chi connectivity index (χ2v) is 18.7. The number of rotatable bonds is 4. The molecule has 0 aliphatic heterocycles. The summed E-state index contributed by atoms with van der Waals surface area (Å²) in [6, 6.07) is 44.1. The van der Waals surface area contributed by atoms with Crippen LogP contribution in [0.25, 0.3) is 77.1 Å². The van der Waals surface area contributed by atoms with E-state index in [1.54, 1.807) is 45.2 Å². The van der Waals surface area contributed by atoms with Gasteiger partial charge in [-0.25, -0.2) is 0 Å². The van der Waals surface area contributed by atoms with Gasteiger partial charge in [-0.1, -0.05) is 164 Å². The number of nitrogens with zero attached hydrogens (tertiary/aromatic N) is 2. The number of pyridine rings is 2. The molecule has 3 nitrogen and oxygen atoms in total. The van der Waals surface area contributed by atoms with Gasteiger partial charge in [0.2, 0.25) is 0 Å². The minimum absolute atomic E-state index is 0. The van der Waals surface area contributed by atoms with Crippen LogP contribution in [0.2, 0.25) is 0 Å². The summed E-state index contributed by atoms with van der Waals surface area (Å²) in [5, 5.41) is 6.36. The fraction of sp³-hybridized carbons (Fsp3) is 0.263. The first-order valence-corrected chi connectivity index (χ1v) is 20.5. The first-order chi connectivity index (χ1) is 31.6. The summed E-state index contributed by atoms with van der Waals surface area (Å²) < 4.78 is 72.2. The van der Waals surface area contributed by atoms with Crippen LogP contribution in [0.1, 0.15) is 101 Å². The average Bonchev–Trinajstić information content (AvgIpc) is 3.64. The normalized spacial score (nSPS) is 14.7. The summed E-state index contributed by atoms with van der Waals surface area (Å²) >= 11 is 0. The van der Waals surface area contributed by atoms with E-state index in [4.69, 9.17) is 15.4 Å². The molecule has 0 amide bonds. The van der Waals surface area contributed by atoms with Crippen LogP contribution in [-0.2, 0) is 37.3 Å². The zero-order valence-electron chi connectivity index (χ0n) is 44.3. The molecule has 9 aromatic rings. The van der Waals surface area contributed by atoms with E-state index in [0.29, 0.717) is 28.0 Å². The first-order valence-electron chi connectivity index (χ1n) is 24.5. The molecule has 0 aliphatic carbocycles. The maximum Gasteiger partial charge on any atom is 0.121 e. The molecule has 311 valence electrons. The standard InChI is InChI=1S/C31H26NO.C26H30N.Ir/c1-19-18-32-28(15-22(19)17-31(2,3)4)25-11-7-10-24-27-14-21-13-12-20-8-5-6-9-23(20)26(21)16-29(27)33-30(24)25;1-18-11-12-20(24-17-22(13-14-27-24)26(5,6)7)16-23(18)19-9-8-10-21(15-19)25(2,3)4;/h5-10,12-16,18H,17H2,1-4H3;8-11,13-17H,1-7H3;/q2*-1;/i1D3,17D2;1D3;. The third-order valence-corrected chi connectivity index (χ3v) is 10.9. The predicted molar refractivity (Wildman–Crippen MR) is 255 cm³/mol. The van der Waals surface area contributed by atoms with Gasteiger partial charge in [0.25, 0.3) is 0 Å². The molecule has 0 aliphatic rings. The minimum Gasteiger partial charge on any atom is -0.501 e. The van der Waals surface area contributed by atoms with Gasteiger partial charge in [0.05, 0.1) is 5.58 Å². The van der Waals surface area contributed by atoms with Crippen LogP contribution >= 0.6 is 0 Å². The Bertz CT molecular complexity index is 3370. The van der Waals surface area contributed by atoms with Crippen molar-refractivity contribution in [3.8, 4) is 33.6 Å². The Hall–Kier alpha value is -5.41. The van der Waals surface area contributed by atoms with Gasteiger partial charge in [0.1, 0.15) is 5.58 Å². The van der Waals surface area contributed by atoms with Crippen molar-refractivity contribution in [1.29, 1.82) is 0 Å². The molecule has 0 bridgehead atoms. The molecular formula is C57H56IrN2O-2. The SMILES string of the molecule is [2H]C([2H])([2H])c1c[c-]c(-c2cc(C(C)(C)C)ccn2)cc1-c1cccc(C(C)(C)C)c1.[2H]C([2H])([2H])c1cnc(-c2[c-]ccc3c2oc2cc4c(ccc5ccccc54)cc23)cc1C([2H])([2H])C(C)(C)C.[Ir]. The Balaban J connectivity index is 0.000000207. The maximum atomic E-state index is 8.85. The van der Waals surface area contributed by atoms with Gasteiger partial charge in [0.15, 0.2) is 0 Å². The molecule has 0 unspecified atom stereocenters. The van der Waals surface area contributed by atoms with Gasteiger partial charge in [0, 0.05) is 48.9 Å². The van der Waals surface area contributed by atoms with E-state index in [-0.39, 0.29) is 42.1 Å². The van der Waals surface area contributed by atoms with E-state index in [0.717, 1.165) is 54.7 Å². The van der Waals surface area contributed by atoms with Crippen molar-refractivity contribution in [2.75, 3.05) is 0 Å². The summed E-state index contributed by atoms with van der Waals surface area (Å²) in [5.74, 6) is 0. The summed E-state index contributed by atoms with van der Waals surface area (Å²) in [5.41, 5.74) is 7.30. The van der Waals surface area contributed by atoms with Gasteiger partial charge in [-0.15, -0.1) is 47.5 Å². The molecule has 0 fully saturated rings. The van der Waals surface area contributed by atoms with Crippen LogP contribution < -0.4 is 0 Å². The van der Waals surface area contributed by atoms with Crippen molar-refractivity contribution in [2.24, 2.45) is 5.41 Å². The van der Waals surface area contributed by atoms with Crippen LogP contribution in [0, 0.1) is 31.3 Å². The van der Waals surface area contributed by atoms with E-state index >= 15 is 0 Å². The molecule has 3 aromatic heterocycles. The number of benzene rings is 6. The van der Waals surface area contributed by atoms with Gasteiger partial charge >= 0.3 is 0 Å². The van der Waals surface area contributed by atoms with E-state index in [1.807, 2.05) is 42.5 Å². The third kappa shape index (κ3) is 9.27. The smallest absolute Gasteiger partial charge is 0.121 e. The van der Waals surface area contributed by atoms with Crippen molar-refractivity contribution < 1.29 is 35.5 Å². The summed E-state index contributed by atoms with van der Waals surface area (Å²) in [4.78, 5) is 9.00. The molecule has 1 radical (unpaired) electrons. The molecule has 9 rings (SSSR count). The minimum atomic E-state index is -2.50. The second kappa shape index (κ2) is 16.8. The Morgan fingerprint density at radius 2 is 1.39 bits per heavy atom. The monoisotopic (exact) mass is 985 g/mol. The number of aromatic nitrogens is 2. The van der Waals surface area contributed by atoms with Gasteiger partial charge in [-0.2, -0.15) is 0 Å². The van der Waals surface area contributed by atoms with Crippen molar-refractivity contribution in [2.45, 2.75) is 93.2 Å². The summed E-state index contributed by atoms with van der Waals surface area (Å²) in [6.45, 7) is 13.5. The number of aryl methyl sites for hydroxylation is 2. The molecule has 0 spiro atoms. The molecular weight excluding hydrogens is 921 g/mol. The van der Waals surface area contributed by atoms with Crippen molar-refractivity contribution in [1.82, 2.24) is 9.97 Å². The fourth-order valence-corrected chi connectivity index (χ4v) is 7.61. The molecule has 6 aromatic carbocycles. The van der Waals surface area contributed by atoms with Crippen molar-refractivity contribution in [3.63, 3.8) is 0 Å². The van der Waals surface area contributed by atoms with E-state index in [2.05, 4.69) is 118 Å². The topological polar surface area (TPSA) is 38.9 Å². The summed E-state index contributed by atoms with van der Waals surface area (Å²) in [7, 11) is 0. The van der Waals surface area contributed by atoms with Gasteiger partial charge in [-0.05, 0) is 103 Å². The van der Waals surface area contributed by atoms with Crippen LogP contribution in [-0.4, -0.2) is 9.97 Å². The molecule has 0 atom stereocenters. The molecule has 4 heteroatoms. The number of hydrogen-bond donors (Lipinski definition) is 0. The summed E-state index contributed by atoms with van der Waals surface area (Å²) in [6.07, 6.45) is 1.16. The Labute approximate surface area is 387 Å². The Morgan fingerprint density at radius 3 is 2.15 bits per heavy atom. The predicted octanol–water partition coefficient (Wildman–Crippen LogP) is 15.8. The first kappa shape index (κ1) is 34.2. The van der Waals surface area contributed by atoms with E-state index < -0.39 is 25.5 Å². The largest absolute Gasteiger partial charge is 0.501 e. The molecule has 0 saturated carbocycles. The zero-order valence-corrected chi connectivity index (χ0v) is 38.7. The van der Waals surface area contributed by atoms with E-state index in [9.17, 15) is 0 Å². The number of hydrogen-bond acceptors (Lipinski definition) is 3. The van der Waals surface area contributed by atoms with Crippen LogP contribution in [0.3, 0.4) is 0 Å². The maximum absolute atomic E-state index is 8.85. The molecule has 0 N–H and O–H groups in total. The third-order valence-electron chi connectivity index (χ3n) is 10.9. The van der Waals surface area contributed by atoms with Crippen molar-refractivity contribution in [3.05, 3.63) is 168 Å². The quantitative estimate of drug-likeness (QED) is 0.130. The second-order valence-electron chi connectivity index (χ2n) is 18.7. The Kier molecular flexibility index (Phi) is 9.42. The Morgan fingerprint density at radius 1 is 0.639 bits per heavy atom. The average molecular weight is 985 g/mol. The van der Waals surface area contributed by atoms with Crippen molar-refractivity contribution >= 4 is 43.5 Å². The molecule has 3 heterocycles. The van der Waals surface area contributed by atoms with Gasteiger partial charge in [-0.3, -0.25) is 0 Å². The van der Waals surface area contributed by atoms with Gasteiger partial charge < -0.3 is 14.4 Å². The molecule has 0 saturated heterocycles. The van der Waals surface area contributed by atoms with Crippen LogP contribution in [0.15, 0.2) is 132 Å². The van der Waals surface area contributed by atoms with E-state index in [1.165, 1.54) is 17.3 Å². The number of furan rings is 1. The molecule has 61 heavy (non-hydrogen) atoms. The zero-order chi connectivity index (χ0) is 49.4. The number of fused-ring (bicyclic) bond motifs is 6. The van der Waals surface area contributed by atoms with Crippen LogP contribution in [0.4, 0.5) is 0 Å².